The fourth-order valence-electron chi connectivity index (χ4n) is 2.11. The van der Waals surface area contributed by atoms with Gasteiger partial charge in [0, 0.05) is 39.1 Å². The second-order valence-corrected chi connectivity index (χ2v) is 9.72. The van der Waals surface area contributed by atoms with E-state index in [-0.39, 0.29) is 11.4 Å². The molecule has 0 aliphatic carbocycles. The topological polar surface area (TPSA) is 134 Å². The predicted octanol–water partition coefficient (Wildman–Crippen LogP) is 0.828. The van der Waals surface area contributed by atoms with E-state index in [0.29, 0.717) is 19.0 Å². The van der Waals surface area contributed by atoms with Gasteiger partial charge in [-0.25, -0.2) is 17.9 Å². The molecule has 0 radical (unpaired) electrons. The van der Waals surface area contributed by atoms with Gasteiger partial charge in [-0.2, -0.15) is 0 Å². The minimum Gasteiger partial charge on any atom is -0.444 e. The maximum Gasteiger partial charge on any atom is 0.408 e. The molecule has 1 aromatic rings. The van der Waals surface area contributed by atoms with Crippen LogP contribution in [0.5, 0.6) is 0 Å². The average Bonchev–Trinajstić information content (AvgIpc) is 2.59. The van der Waals surface area contributed by atoms with Gasteiger partial charge in [-0.1, -0.05) is 0 Å². The van der Waals surface area contributed by atoms with E-state index in [0.717, 1.165) is 0 Å². The Kier molecular flexibility index (Phi) is 8.83. The van der Waals surface area contributed by atoms with Crippen LogP contribution < -0.4 is 20.7 Å². The van der Waals surface area contributed by atoms with Gasteiger partial charge in [0.05, 0.1) is 5.54 Å². The molecule has 1 aromatic heterocycles. The van der Waals surface area contributed by atoms with Crippen LogP contribution in [0.2, 0.25) is 0 Å². The number of sulfonamides is 1. The van der Waals surface area contributed by atoms with Crippen LogP contribution in [0.3, 0.4) is 0 Å². The van der Waals surface area contributed by atoms with Crippen LogP contribution in [-0.2, 0) is 14.8 Å². The smallest absolute Gasteiger partial charge is 0.408 e. The largest absolute Gasteiger partial charge is 0.444 e. The summed E-state index contributed by atoms with van der Waals surface area (Å²) in [5.74, 6) is 0.477. The van der Waals surface area contributed by atoms with Crippen molar-refractivity contribution in [2.45, 2.75) is 50.7 Å². The molecule has 0 aromatic carbocycles. The molecular formula is C18H32N6O4S. The number of pyridine rings is 1. The molecule has 4 N–H and O–H groups in total. The second kappa shape index (κ2) is 10.4. The normalized spacial score (nSPS) is 13.0. The first-order valence-corrected chi connectivity index (χ1v) is 10.7. The third kappa shape index (κ3) is 10.1. The molecule has 1 amide bonds. The predicted molar refractivity (Wildman–Crippen MR) is 112 cm³/mol. The summed E-state index contributed by atoms with van der Waals surface area (Å²) in [5, 5.41) is 8.89. The lowest BCUT2D eigenvalue weighted by Crippen LogP contribution is -2.54. The van der Waals surface area contributed by atoms with E-state index in [1.807, 2.05) is 13.8 Å². The van der Waals surface area contributed by atoms with E-state index in [4.69, 9.17) is 4.74 Å². The number of aliphatic imine (C=N–C) groups is 1. The van der Waals surface area contributed by atoms with E-state index in [1.165, 1.54) is 18.5 Å². The van der Waals surface area contributed by atoms with Gasteiger partial charge in [0.1, 0.15) is 10.5 Å². The zero-order chi connectivity index (χ0) is 22.1. The maximum atomic E-state index is 12.1. The lowest BCUT2D eigenvalue weighted by atomic mass is 10.1. The molecular weight excluding hydrogens is 396 g/mol. The molecule has 0 spiro atoms. The number of hydrogen-bond donors (Lipinski definition) is 4. The summed E-state index contributed by atoms with van der Waals surface area (Å²) in [6, 6.07) is 3.04. The minimum absolute atomic E-state index is 0.109. The van der Waals surface area contributed by atoms with E-state index >= 15 is 0 Å². The fourth-order valence-corrected chi connectivity index (χ4v) is 3.10. The first-order chi connectivity index (χ1) is 13.3. The number of hydrogen-bond acceptors (Lipinski definition) is 6. The van der Waals surface area contributed by atoms with Crippen molar-refractivity contribution in [3.05, 3.63) is 24.5 Å². The number of aromatic nitrogens is 1. The molecule has 164 valence electrons. The summed E-state index contributed by atoms with van der Waals surface area (Å²) in [6.45, 7) is 9.95. The molecule has 0 unspecified atom stereocenters. The number of nitrogens with zero attached hydrogens (tertiary/aromatic N) is 2. The Morgan fingerprint density at radius 2 is 1.86 bits per heavy atom. The third-order valence-electron chi connectivity index (χ3n) is 3.41. The first-order valence-electron chi connectivity index (χ1n) is 9.20. The third-order valence-corrected chi connectivity index (χ3v) is 4.86. The van der Waals surface area contributed by atoms with Crippen molar-refractivity contribution in [1.29, 1.82) is 0 Å². The van der Waals surface area contributed by atoms with Crippen LogP contribution in [0.15, 0.2) is 34.4 Å². The summed E-state index contributed by atoms with van der Waals surface area (Å²) >= 11 is 0. The van der Waals surface area contributed by atoms with Crippen molar-refractivity contribution < 1.29 is 17.9 Å². The summed E-state index contributed by atoms with van der Waals surface area (Å²) in [6.07, 6.45) is 2.29. The molecule has 0 fully saturated rings. The highest BCUT2D eigenvalue weighted by atomic mass is 32.2. The minimum atomic E-state index is -3.60. The van der Waals surface area contributed by atoms with Crippen molar-refractivity contribution in [3.63, 3.8) is 0 Å². The van der Waals surface area contributed by atoms with Crippen LogP contribution in [-0.4, -0.2) is 63.3 Å². The Morgan fingerprint density at radius 1 is 1.17 bits per heavy atom. The molecule has 0 atom stereocenters. The molecule has 1 rings (SSSR count). The number of rotatable bonds is 8. The summed E-state index contributed by atoms with van der Waals surface area (Å²) < 4.78 is 32.0. The molecule has 0 saturated carbocycles. The number of guanidine groups is 1. The number of alkyl carbamates (subject to hydrolysis) is 1. The van der Waals surface area contributed by atoms with Crippen molar-refractivity contribution in [2.75, 3.05) is 26.7 Å². The van der Waals surface area contributed by atoms with Crippen LogP contribution in [0.4, 0.5) is 4.79 Å². The van der Waals surface area contributed by atoms with Gasteiger partial charge < -0.3 is 20.7 Å². The Morgan fingerprint density at radius 3 is 2.41 bits per heavy atom. The molecule has 0 aliphatic rings. The van der Waals surface area contributed by atoms with Crippen LogP contribution >= 0.6 is 0 Å². The SMILES string of the molecule is CN=C(NCCNS(=O)(=O)c1cccnc1)NCC(C)(C)NC(=O)OC(C)(C)C. The van der Waals surface area contributed by atoms with Crippen LogP contribution in [0.1, 0.15) is 34.6 Å². The molecule has 0 bridgehead atoms. The lowest BCUT2D eigenvalue weighted by molar-refractivity contribution is 0.0474. The average molecular weight is 429 g/mol. The number of ether oxygens (including phenoxy) is 1. The van der Waals surface area contributed by atoms with Crippen molar-refractivity contribution in [3.8, 4) is 0 Å². The first kappa shape index (κ1) is 24.6. The van der Waals surface area contributed by atoms with Gasteiger partial charge in [0.2, 0.25) is 10.0 Å². The van der Waals surface area contributed by atoms with E-state index in [1.54, 1.807) is 33.9 Å². The molecule has 0 aliphatic heterocycles. The standard InChI is InChI=1S/C18H32N6O4S/c1-17(2,3)28-16(25)24-18(4,5)13-22-15(19-6)21-10-11-23-29(26,27)14-8-7-9-20-12-14/h7-9,12,23H,10-11,13H2,1-6H3,(H,24,25)(H2,19,21,22). The second-order valence-electron chi connectivity index (χ2n) is 7.95. The van der Waals surface area contributed by atoms with Crippen LogP contribution in [0, 0.1) is 0 Å². The Bertz CT molecular complexity index is 788. The maximum absolute atomic E-state index is 12.1. The zero-order valence-electron chi connectivity index (χ0n) is 17.9. The van der Waals surface area contributed by atoms with Gasteiger partial charge in [0.15, 0.2) is 5.96 Å². The zero-order valence-corrected chi connectivity index (χ0v) is 18.7. The highest BCUT2D eigenvalue weighted by Gasteiger charge is 2.24. The van der Waals surface area contributed by atoms with E-state index in [2.05, 4.69) is 30.6 Å². The Hall–Kier alpha value is -2.40. The molecule has 11 heteroatoms. The van der Waals surface area contributed by atoms with Crippen molar-refractivity contribution >= 4 is 22.1 Å². The number of carbonyl (C=O) groups is 1. The molecule has 10 nitrogen and oxygen atoms in total. The number of carbonyl (C=O) groups excluding carboxylic acids is 1. The molecule has 29 heavy (non-hydrogen) atoms. The Balaban J connectivity index is 2.42. The van der Waals surface area contributed by atoms with Crippen LogP contribution in [0.25, 0.3) is 0 Å². The monoisotopic (exact) mass is 428 g/mol. The summed E-state index contributed by atoms with van der Waals surface area (Å²) in [7, 11) is -2.00. The van der Waals surface area contributed by atoms with Gasteiger partial charge >= 0.3 is 6.09 Å². The highest BCUT2D eigenvalue weighted by molar-refractivity contribution is 7.89. The van der Waals surface area contributed by atoms with Crippen molar-refractivity contribution in [2.24, 2.45) is 4.99 Å². The van der Waals surface area contributed by atoms with Gasteiger partial charge in [-0.3, -0.25) is 9.98 Å². The number of nitrogens with one attached hydrogen (secondary N) is 4. The Labute approximate surface area is 173 Å². The van der Waals surface area contributed by atoms with Crippen molar-refractivity contribution in [1.82, 2.24) is 25.7 Å². The van der Waals surface area contributed by atoms with Gasteiger partial charge in [0.25, 0.3) is 0 Å². The summed E-state index contributed by atoms with van der Waals surface area (Å²) in [4.78, 5) is 19.9. The van der Waals surface area contributed by atoms with Gasteiger partial charge in [-0.15, -0.1) is 0 Å². The molecule has 0 saturated heterocycles. The summed E-state index contributed by atoms with van der Waals surface area (Å²) in [5.41, 5.74) is -1.17. The van der Waals surface area contributed by atoms with E-state index in [9.17, 15) is 13.2 Å². The molecule has 1 heterocycles. The van der Waals surface area contributed by atoms with Gasteiger partial charge in [-0.05, 0) is 46.8 Å². The number of amides is 1. The fraction of sp³-hybridized carbons (Fsp3) is 0.611. The van der Waals surface area contributed by atoms with E-state index < -0.39 is 27.3 Å². The highest BCUT2D eigenvalue weighted by Crippen LogP contribution is 2.09. The quantitative estimate of drug-likeness (QED) is 0.274. The lowest BCUT2D eigenvalue weighted by Gasteiger charge is -2.29.